The first-order valence-corrected chi connectivity index (χ1v) is 6.25. The van der Waals surface area contributed by atoms with E-state index in [9.17, 15) is 4.79 Å². The van der Waals surface area contributed by atoms with E-state index in [0.717, 1.165) is 12.8 Å². The van der Waals surface area contributed by atoms with E-state index in [0.29, 0.717) is 13.2 Å². The Balaban J connectivity index is 2.95. The van der Waals surface area contributed by atoms with Crippen molar-refractivity contribution in [3.63, 3.8) is 0 Å². The predicted molar refractivity (Wildman–Crippen MR) is 69.0 cm³/mol. The summed E-state index contributed by atoms with van der Waals surface area (Å²) in [7, 11) is 5.86. The van der Waals surface area contributed by atoms with Gasteiger partial charge in [0.25, 0.3) is 0 Å². The SMILES string of the molecule is CN(C(=O)C1(N(C)C)CCOCC1)C(C)(C)C. The number of nitrogens with zero attached hydrogens (tertiary/aromatic N) is 2. The van der Waals surface area contributed by atoms with Gasteiger partial charge in [0, 0.05) is 25.8 Å². The van der Waals surface area contributed by atoms with Crippen LogP contribution in [0.3, 0.4) is 0 Å². The number of carbonyl (C=O) groups excluding carboxylic acids is 1. The molecular weight excluding hydrogens is 216 g/mol. The molecule has 1 amide bonds. The second-order valence-electron chi connectivity index (χ2n) is 6.07. The molecule has 4 heteroatoms. The second-order valence-corrected chi connectivity index (χ2v) is 6.07. The molecule has 0 N–H and O–H groups in total. The maximum atomic E-state index is 12.7. The number of rotatable bonds is 2. The van der Waals surface area contributed by atoms with E-state index in [-0.39, 0.29) is 17.0 Å². The molecule has 1 aliphatic heterocycles. The largest absolute Gasteiger partial charge is 0.381 e. The molecule has 0 spiro atoms. The summed E-state index contributed by atoms with van der Waals surface area (Å²) in [4.78, 5) is 16.7. The van der Waals surface area contributed by atoms with E-state index in [1.807, 2.05) is 26.0 Å². The molecule has 0 aromatic heterocycles. The minimum atomic E-state index is -0.389. The first-order valence-electron chi connectivity index (χ1n) is 6.25. The third-order valence-corrected chi connectivity index (χ3v) is 3.88. The average molecular weight is 242 g/mol. The summed E-state index contributed by atoms with van der Waals surface area (Å²) >= 11 is 0. The van der Waals surface area contributed by atoms with Gasteiger partial charge in [-0.2, -0.15) is 0 Å². The molecular formula is C13H26N2O2. The Labute approximate surface area is 105 Å². The van der Waals surface area contributed by atoms with E-state index in [4.69, 9.17) is 4.74 Å². The maximum Gasteiger partial charge on any atom is 0.243 e. The highest BCUT2D eigenvalue weighted by Crippen LogP contribution is 2.30. The van der Waals surface area contributed by atoms with Gasteiger partial charge in [-0.3, -0.25) is 9.69 Å². The Morgan fingerprint density at radius 2 is 1.59 bits per heavy atom. The third kappa shape index (κ3) is 2.80. The van der Waals surface area contributed by atoms with Gasteiger partial charge in [-0.1, -0.05) is 0 Å². The fraction of sp³-hybridized carbons (Fsp3) is 0.923. The van der Waals surface area contributed by atoms with Crippen LogP contribution in [-0.2, 0) is 9.53 Å². The van der Waals surface area contributed by atoms with Crippen molar-refractivity contribution in [2.24, 2.45) is 0 Å². The van der Waals surface area contributed by atoms with Crippen LogP contribution in [0.2, 0.25) is 0 Å². The van der Waals surface area contributed by atoms with Gasteiger partial charge in [0.05, 0.1) is 0 Å². The normalized spacial score (nSPS) is 20.4. The zero-order valence-electron chi connectivity index (χ0n) is 12.0. The molecule has 0 unspecified atom stereocenters. The summed E-state index contributed by atoms with van der Waals surface area (Å²) in [6, 6.07) is 0. The van der Waals surface area contributed by atoms with Crippen molar-refractivity contribution in [3.05, 3.63) is 0 Å². The number of hydrogen-bond donors (Lipinski definition) is 0. The van der Waals surface area contributed by atoms with Crippen molar-refractivity contribution in [3.8, 4) is 0 Å². The van der Waals surface area contributed by atoms with Crippen molar-refractivity contribution in [2.45, 2.75) is 44.7 Å². The first kappa shape index (κ1) is 14.5. The maximum absolute atomic E-state index is 12.7. The highest BCUT2D eigenvalue weighted by atomic mass is 16.5. The van der Waals surface area contributed by atoms with Crippen LogP contribution in [0, 0.1) is 0 Å². The molecule has 0 saturated carbocycles. The van der Waals surface area contributed by atoms with Gasteiger partial charge in [0.15, 0.2) is 0 Å². The van der Waals surface area contributed by atoms with Crippen molar-refractivity contribution in [2.75, 3.05) is 34.4 Å². The Morgan fingerprint density at radius 1 is 1.12 bits per heavy atom. The monoisotopic (exact) mass is 242 g/mol. The van der Waals surface area contributed by atoms with Crippen LogP contribution in [0.5, 0.6) is 0 Å². The summed E-state index contributed by atoms with van der Waals surface area (Å²) in [5.41, 5.74) is -0.529. The van der Waals surface area contributed by atoms with Crippen LogP contribution in [0.1, 0.15) is 33.6 Å². The lowest BCUT2D eigenvalue weighted by molar-refractivity contribution is -0.152. The van der Waals surface area contributed by atoms with Gasteiger partial charge >= 0.3 is 0 Å². The van der Waals surface area contributed by atoms with Gasteiger partial charge < -0.3 is 9.64 Å². The number of ether oxygens (including phenoxy) is 1. The number of hydrogen-bond acceptors (Lipinski definition) is 3. The molecule has 17 heavy (non-hydrogen) atoms. The molecule has 0 bridgehead atoms. The minimum absolute atomic E-state index is 0.140. The van der Waals surface area contributed by atoms with Gasteiger partial charge in [0.2, 0.25) is 5.91 Å². The number of amides is 1. The molecule has 1 heterocycles. The molecule has 0 radical (unpaired) electrons. The molecule has 1 rings (SSSR count). The smallest absolute Gasteiger partial charge is 0.243 e. The topological polar surface area (TPSA) is 32.8 Å². The van der Waals surface area contributed by atoms with Crippen LogP contribution in [0.4, 0.5) is 0 Å². The van der Waals surface area contributed by atoms with E-state index in [2.05, 4.69) is 25.7 Å². The number of likely N-dealkylation sites (N-methyl/N-ethyl adjacent to an activating group) is 2. The van der Waals surface area contributed by atoms with E-state index in [1.165, 1.54) is 0 Å². The van der Waals surface area contributed by atoms with Crippen molar-refractivity contribution >= 4 is 5.91 Å². The summed E-state index contributed by atoms with van der Waals surface area (Å²) in [5.74, 6) is 0.207. The molecule has 0 aliphatic carbocycles. The zero-order chi connectivity index (χ0) is 13.3. The fourth-order valence-corrected chi connectivity index (χ4v) is 2.18. The van der Waals surface area contributed by atoms with Crippen LogP contribution >= 0.6 is 0 Å². The van der Waals surface area contributed by atoms with Crippen molar-refractivity contribution in [1.82, 2.24) is 9.80 Å². The van der Waals surface area contributed by atoms with Crippen LogP contribution < -0.4 is 0 Å². The van der Waals surface area contributed by atoms with Crippen LogP contribution in [0.15, 0.2) is 0 Å². The Hall–Kier alpha value is -0.610. The first-order chi connectivity index (χ1) is 7.72. The van der Waals surface area contributed by atoms with E-state index >= 15 is 0 Å². The van der Waals surface area contributed by atoms with Gasteiger partial charge in [0.1, 0.15) is 5.54 Å². The minimum Gasteiger partial charge on any atom is -0.381 e. The molecule has 1 saturated heterocycles. The Morgan fingerprint density at radius 3 is 1.94 bits per heavy atom. The molecule has 1 aliphatic rings. The van der Waals surface area contributed by atoms with Crippen LogP contribution in [-0.4, -0.2) is 61.1 Å². The quantitative estimate of drug-likeness (QED) is 0.733. The van der Waals surface area contributed by atoms with Crippen LogP contribution in [0.25, 0.3) is 0 Å². The summed E-state index contributed by atoms with van der Waals surface area (Å²) in [6.45, 7) is 7.53. The Bertz CT molecular complexity index is 276. The highest BCUT2D eigenvalue weighted by Gasteiger charge is 2.45. The molecule has 0 aromatic rings. The fourth-order valence-electron chi connectivity index (χ4n) is 2.18. The molecule has 1 fully saturated rings. The average Bonchev–Trinajstić information content (AvgIpc) is 2.26. The summed E-state index contributed by atoms with van der Waals surface area (Å²) < 4.78 is 5.39. The highest BCUT2D eigenvalue weighted by molar-refractivity contribution is 5.86. The Kier molecular flexibility index (Phi) is 4.20. The van der Waals surface area contributed by atoms with Gasteiger partial charge in [-0.25, -0.2) is 0 Å². The van der Waals surface area contributed by atoms with E-state index < -0.39 is 0 Å². The van der Waals surface area contributed by atoms with Gasteiger partial charge in [-0.15, -0.1) is 0 Å². The van der Waals surface area contributed by atoms with Gasteiger partial charge in [-0.05, 0) is 47.7 Å². The predicted octanol–water partition coefficient (Wildman–Crippen LogP) is 1.35. The standard InChI is InChI=1S/C13H26N2O2/c1-12(2,3)15(6)11(16)13(14(4)5)7-9-17-10-8-13/h7-10H2,1-6H3. The van der Waals surface area contributed by atoms with Crippen molar-refractivity contribution < 1.29 is 9.53 Å². The lowest BCUT2D eigenvalue weighted by Gasteiger charge is -2.46. The molecule has 100 valence electrons. The molecule has 0 atom stereocenters. The lowest BCUT2D eigenvalue weighted by atomic mass is 9.86. The van der Waals surface area contributed by atoms with E-state index in [1.54, 1.807) is 0 Å². The summed E-state index contributed by atoms with van der Waals surface area (Å²) in [5, 5.41) is 0. The zero-order valence-corrected chi connectivity index (χ0v) is 12.0. The third-order valence-electron chi connectivity index (χ3n) is 3.88. The molecule has 0 aromatic carbocycles. The number of carbonyl (C=O) groups is 1. The molecule has 4 nitrogen and oxygen atoms in total. The van der Waals surface area contributed by atoms with Crippen molar-refractivity contribution in [1.29, 1.82) is 0 Å². The summed E-state index contributed by atoms with van der Waals surface area (Å²) in [6.07, 6.45) is 1.55. The lowest BCUT2D eigenvalue weighted by Crippen LogP contribution is -2.62. The second kappa shape index (κ2) is 4.94.